The van der Waals surface area contributed by atoms with Crippen molar-refractivity contribution in [1.29, 1.82) is 0 Å². The number of allylic oxidation sites excluding steroid dienone is 4. The molecular formula is C22H13Na3O9S. The van der Waals surface area contributed by atoms with Gasteiger partial charge in [-0.15, -0.1) is 0 Å². The summed E-state index contributed by atoms with van der Waals surface area (Å²) in [5, 5.41) is 32.9. The van der Waals surface area contributed by atoms with Crippen molar-refractivity contribution >= 4 is 33.4 Å². The van der Waals surface area contributed by atoms with Crippen LogP contribution in [0.5, 0.6) is 5.75 Å². The maximum atomic E-state index is 12.2. The predicted octanol–water partition coefficient (Wildman–Crippen LogP) is -8.70. The van der Waals surface area contributed by atoms with E-state index in [1.165, 1.54) is 37.3 Å². The standard InChI is InChI=1S/C22H16O9S.3Na/c1-11-8-13(10-16(20(11)24)22(27)28)19(12-6-7-17(23)15(9-12)21(25)26)14-4-2-3-5-18(14)32(29,30)31;;;/h2-10,24H,1H3,(H,25,26)(H,27,28)(H,29,30,31);;;/q;3*+1/p-3/b19-12-;;;. The first kappa shape index (κ1) is 34.0. The Morgan fingerprint density at radius 3 is 2.11 bits per heavy atom. The Bertz CT molecular complexity index is 1390. The summed E-state index contributed by atoms with van der Waals surface area (Å²) in [5.41, 5.74) is -1.56. The number of hydrogen-bond donors (Lipinski definition) is 1. The minimum atomic E-state index is -5.01. The molecule has 1 aliphatic carbocycles. The molecule has 0 radical (unpaired) electrons. The zero-order chi connectivity index (χ0) is 23.8. The van der Waals surface area contributed by atoms with Gasteiger partial charge in [-0.05, 0) is 53.5 Å². The van der Waals surface area contributed by atoms with Crippen molar-refractivity contribution < 1.29 is 131 Å². The predicted molar refractivity (Wildman–Crippen MR) is 105 cm³/mol. The summed E-state index contributed by atoms with van der Waals surface area (Å²) < 4.78 is 35.6. The van der Waals surface area contributed by atoms with E-state index in [1.54, 1.807) is 0 Å². The number of aromatic carboxylic acids is 1. The number of aryl methyl sites for hydroxylation is 1. The van der Waals surface area contributed by atoms with Crippen molar-refractivity contribution in [2.45, 2.75) is 11.8 Å². The Kier molecular flexibility index (Phi) is 13.1. The minimum Gasteiger partial charge on any atom is -0.872 e. The third-order valence-electron chi connectivity index (χ3n) is 4.71. The molecule has 0 amide bonds. The quantitative estimate of drug-likeness (QED) is 0.227. The molecule has 35 heavy (non-hydrogen) atoms. The first-order chi connectivity index (χ1) is 14.9. The van der Waals surface area contributed by atoms with Crippen LogP contribution in [0.3, 0.4) is 0 Å². The summed E-state index contributed by atoms with van der Waals surface area (Å²) in [6.45, 7) is 1.33. The Morgan fingerprint density at radius 2 is 1.57 bits per heavy atom. The molecule has 0 bridgehead atoms. The Hall–Kier alpha value is -1.02. The van der Waals surface area contributed by atoms with Crippen molar-refractivity contribution in [2.75, 3.05) is 0 Å². The number of carboxylic acid groups (broad SMARTS) is 2. The Balaban J connectivity index is 0.00000385. The van der Waals surface area contributed by atoms with Crippen LogP contribution < -0.4 is 98.9 Å². The van der Waals surface area contributed by atoms with Crippen molar-refractivity contribution in [3.8, 4) is 5.75 Å². The van der Waals surface area contributed by atoms with E-state index < -0.39 is 49.6 Å². The van der Waals surface area contributed by atoms with Crippen molar-refractivity contribution in [2.24, 2.45) is 0 Å². The summed E-state index contributed by atoms with van der Waals surface area (Å²) in [4.78, 5) is 34.2. The number of aliphatic carboxylic acids is 1. The van der Waals surface area contributed by atoms with E-state index in [1.807, 2.05) is 0 Å². The fraction of sp³-hybridized carbons (Fsp3) is 0.0455. The molecule has 1 aliphatic rings. The molecule has 0 heterocycles. The molecule has 0 saturated heterocycles. The van der Waals surface area contributed by atoms with E-state index in [4.69, 9.17) is 0 Å². The molecule has 0 spiro atoms. The number of rotatable bonds is 5. The van der Waals surface area contributed by atoms with Gasteiger partial charge in [0.05, 0.1) is 10.9 Å². The van der Waals surface area contributed by atoms with Gasteiger partial charge in [0, 0.05) is 5.56 Å². The normalized spacial score (nSPS) is 14.0. The number of carboxylic acids is 2. The second-order valence-electron chi connectivity index (χ2n) is 6.80. The smallest absolute Gasteiger partial charge is 0.872 e. The van der Waals surface area contributed by atoms with Crippen LogP contribution >= 0.6 is 0 Å². The molecular weight excluding hydrogens is 509 g/mol. The fourth-order valence-electron chi connectivity index (χ4n) is 3.29. The number of ketones is 1. The van der Waals surface area contributed by atoms with Crippen molar-refractivity contribution in [3.05, 3.63) is 88.0 Å². The molecule has 9 nitrogen and oxygen atoms in total. The zero-order valence-corrected chi connectivity index (χ0v) is 26.1. The number of hydrogen-bond acceptors (Lipinski definition) is 8. The van der Waals surface area contributed by atoms with E-state index in [0.717, 1.165) is 24.3 Å². The monoisotopic (exact) mass is 522 g/mol. The third-order valence-corrected chi connectivity index (χ3v) is 5.60. The largest absolute Gasteiger partial charge is 1.00 e. The minimum absolute atomic E-state index is 0. The van der Waals surface area contributed by atoms with E-state index in [9.17, 15) is 42.7 Å². The Morgan fingerprint density at radius 1 is 0.971 bits per heavy atom. The van der Waals surface area contributed by atoms with Gasteiger partial charge in [0.1, 0.15) is 15.7 Å². The average Bonchev–Trinajstić information content (AvgIpc) is 2.71. The van der Waals surface area contributed by atoms with E-state index in [2.05, 4.69) is 0 Å². The van der Waals surface area contributed by atoms with Gasteiger partial charge >= 0.3 is 94.6 Å². The average molecular weight is 522 g/mol. The molecule has 3 rings (SSSR count). The number of carbonyl (C=O) groups is 3. The van der Waals surface area contributed by atoms with Crippen LogP contribution in [0.1, 0.15) is 27.0 Å². The second-order valence-corrected chi connectivity index (χ2v) is 8.15. The van der Waals surface area contributed by atoms with E-state index >= 15 is 0 Å². The molecule has 0 atom stereocenters. The summed E-state index contributed by atoms with van der Waals surface area (Å²) >= 11 is 0. The van der Waals surface area contributed by atoms with Crippen LogP contribution in [0.4, 0.5) is 0 Å². The van der Waals surface area contributed by atoms with Crippen LogP contribution in [0.15, 0.2) is 70.7 Å². The van der Waals surface area contributed by atoms with Crippen LogP contribution in [0, 0.1) is 6.92 Å². The first-order valence-corrected chi connectivity index (χ1v) is 10.3. The summed E-state index contributed by atoms with van der Waals surface area (Å²) in [6.07, 6.45) is 3.13. The fourth-order valence-corrected chi connectivity index (χ4v) is 3.98. The van der Waals surface area contributed by atoms with Gasteiger partial charge in [0.15, 0.2) is 5.78 Å². The second kappa shape index (κ2) is 13.5. The molecule has 164 valence electrons. The van der Waals surface area contributed by atoms with E-state index in [0.29, 0.717) is 0 Å². The van der Waals surface area contributed by atoms with Crippen LogP contribution in [0.2, 0.25) is 0 Å². The van der Waals surface area contributed by atoms with Gasteiger partial charge in [0.2, 0.25) is 0 Å². The molecule has 2 aromatic rings. The van der Waals surface area contributed by atoms with Crippen LogP contribution in [-0.4, -0.2) is 35.8 Å². The molecule has 0 fully saturated rings. The summed E-state index contributed by atoms with van der Waals surface area (Å²) in [5.74, 6) is -4.95. The molecule has 0 aromatic heterocycles. The van der Waals surface area contributed by atoms with Gasteiger partial charge in [0.25, 0.3) is 0 Å². The van der Waals surface area contributed by atoms with Gasteiger partial charge in [-0.3, -0.25) is 4.79 Å². The SMILES string of the molecule is Cc1cc(/C(=C2\C=CC(=O)C(C(=O)O)=C2)c2ccccc2S(=O)(=O)[O-])cc(C(=O)[O-])c1[O-].[Na+].[Na+].[Na+]. The molecule has 0 aliphatic heterocycles. The summed E-state index contributed by atoms with van der Waals surface area (Å²) in [7, 11) is -5.01. The van der Waals surface area contributed by atoms with Gasteiger partial charge in [-0.1, -0.05) is 41.7 Å². The molecule has 1 N–H and O–H groups in total. The third kappa shape index (κ3) is 7.50. The molecule has 2 aromatic carbocycles. The number of benzene rings is 2. The topological polar surface area (TPSA) is 175 Å². The van der Waals surface area contributed by atoms with Gasteiger partial charge < -0.3 is 24.7 Å². The molecule has 0 unspecified atom stereocenters. The number of carbonyl (C=O) groups excluding carboxylic acids is 2. The van der Waals surface area contributed by atoms with Crippen molar-refractivity contribution in [3.63, 3.8) is 0 Å². The maximum absolute atomic E-state index is 12.2. The van der Waals surface area contributed by atoms with Crippen molar-refractivity contribution in [1.82, 2.24) is 0 Å². The zero-order valence-electron chi connectivity index (χ0n) is 19.3. The van der Waals surface area contributed by atoms with Gasteiger partial charge in [-0.2, -0.15) is 0 Å². The van der Waals surface area contributed by atoms with Gasteiger partial charge in [-0.25, -0.2) is 13.2 Å². The maximum Gasteiger partial charge on any atom is 1.00 e. The Labute approximate surface area is 267 Å². The summed E-state index contributed by atoms with van der Waals surface area (Å²) in [6, 6.07) is 7.23. The first-order valence-electron chi connectivity index (χ1n) is 8.92. The molecule has 0 saturated carbocycles. The van der Waals surface area contributed by atoms with Crippen LogP contribution in [0.25, 0.3) is 5.57 Å². The van der Waals surface area contributed by atoms with E-state index in [-0.39, 0.29) is 117 Å². The van der Waals surface area contributed by atoms with Crippen LogP contribution in [-0.2, 0) is 19.7 Å². The molecule has 13 heteroatoms.